The normalized spacial score (nSPS) is 11.5. The van der Waals surface area contributed by atoms with Crippen molar-refractivity contribution in [3.63, 3.8) is 0 Å². The van der Waals surface area contributed by atoms with Crippen LogP contribution in [0.2, 0.25) is 0 Å². The third-order valence-corrected chi connectivity index (χ3v) is 3.74. The van der Waals surface area contributed by atoms with Crippen LogP contribution in [0.1, 0.15) is 11.3 Å². The fourth-order valence-corrected chi connectivity index (χ4v) is 2.40. The van der Waals surface area contributed by atoms with Gasteiger partial charge in [0.1, 0.15) is 5.69 Å². The second-order valence-corrected chi connectivity index (χ2v) is 5.70. The van der Waals surface area contributed by atoms with E-state index in [1.165, 1.54) is 12.3 Å². The number of benzene rings is 1. The molecule has 28 heavy (non-hydrogen) atoms. The number of aromatic nitrogens is 2. The minimum atomic E-state index is -4.64. The van der Waals surface area contributed by atoms with E-state index in [1.807, 2.05) is 0 Å². The molecule has 11 heteroatoms. The molecule has 0 aliphatic heterocycles. The number of nitrogens with one attached hydrogen (secondary N) is 3. The van der Waals surface area contributed by atoms with E-state index >= 15 is 0 Å². The standard InChI is InChI=1S/C17H11F5N4O2/c18-10-4-9-12(5-11(10)19)24-7-13(9)26-16(28)15(27)25-6-8-1-2-23-14(3-8)17(20,21)22/h1-5,7,24H,6H2,(H,25,27)(H,26,28). The highest BCUT2D eigenvalue weighted by molar-refractivity contribution is 6.40. The number of fused-ring (bicyclic) bond motifs is 1. The first-order valence-electron chi connectivity index (χ1n) is 7.72. The zero-order chi connectivity index (χ0) is 20.5. The predicted octanol–water partition coefficient (Wildman–Crippen LogP) is 3.11. The van der Waals surface area contributed by atoms with Crippen LogP contribution in [0.25, 0.3) is 10.9 Å². The Kier molecular flexibility index (Phi) is 4.99. The molecule has 0 fully saturated rings. The summed E-state index contributed by atoms with van der Waals surface area (Å²) in [6.45, 7) is -0.342. The summed E-state index contributed by atoms with van der Waals surface area (Å²) in [5.41, 5.74) is -0.798. The molecule has 1 aromatic carbocycles. The second kappa shape index (κ2) is 7.25. The number of hydrogen-bond acceptors (Lipinski definition) is 3. The maximum absolute atomic E-state index is 13.4. The number of halogens is 5. The van der Waals surface area contributed by atoms with E-state index in [-0.39, 0.29) is 28.7 Å². The zero-order valence-electron chi connectivity index (χ0n) is 13.8. The Bertz CT molecular complexity index is 1060. The molecule has 3 aromatic rings. The molecule has 2 aromatic heterocycles. The molecule has 146 valence electrons. The first-order chi connectivity index (χ1) is 13.1. The van der Waals surface area contributed by atoms with Gasteiger partial charge in [0.15, 0.2) is 11.6 Å². The summed E-state index contributed by atoms with van der Waals surface area (Å²) in [5, 5.41) is 4.53. The molecule has 6 nitrogen and oxygen atoms in total. The summed E-state index contributed by atoms with van der Waals surface area (Å²) in [6.07, 6.45) is -2.46. The van der Waals surface area contributed by atoms with Crippen LogP contribution in [-0.2, 0) is 22.3 Å². The maximum Gasteiger partial charge on any atom is 0.433 e. The highest BCUT2D eigenvalue weighted by Crippen LogP contribution is 2.28. The topological polar surface area (TPSA) is 86.9 Å². The van der Waals surface area contributed by atoms with Crippen molar-refractivity contribution in [2.45, 2.75) is 12.7 Å². The number of aromatic amines is 1. The van der Waals surface area contributed by atoms with E-state index in [4.69, 9.17) is 0 Å². The average Bonchev–Trinajstić information content (AvgIpc) is 3.01. The average molecular weight is 398 g/mol. The quantitative estimate of drug-likeness (QED) is 0.468. The molecule has 0 atom stereocenters. The molecule has 0 saturated heterocycles. The third-order valence-electron chi connectivity index (χ3n) is 3.74. The largest absolute Gasteiger partial charge is 0.433 e. The lowest BCUT2D eigenvalue weighted by Gasteiger charge is -2.09. The number of alkyl halides is 3. The van der Waals surface area contributed by atoms with Crippen molar-refractivity contribution in [1.82, 2.24) is 15.3 Å². The van der Waals surface area contributed by atoms with Gasteiger partial charge in [0.25, 0.3) is 0 Å². The summed E-state index contributed by atoms with van der Waals surface area (Å²) in [5.74, 6) is -4.47. The van der Waals surface area contributed by atoms with Gasteiger partial charge in [0.05, 0.1) is 11.2 Å². The Labute approximate surface area is 153 Å². The minimum Gasteiger partial charge on any atom is -0.359 e. The lowest BCUT2D eigenvalue weighted by atomic mass is 10.2. The Morgan fingerprint density at radius 3 is 2.50 bits per heavy atom. The van der Waals surface area contributed by atoms with Crippen molar-refractivity contribution in [3.8, 4) is 0 Å². The van der Waals surface area contributed by atoms with Gasteiger partial charge in [-0.3, -0.25) is 14.6 Å². The molecule has 0 aliphatic carbocycles. The van der Waals surface area contributed by atoms with Gasteiger partial charge in [-0.15, -0.1) is 0 Å². The van der Waals surface area contributed by atoms with Crippen LogP contribution in [0.5, 0.6) is 0 Å². The van der Waals surface area contributed by atoms with Crippen molar-refractivity contribution in [1.29, 1.82) is 0 Å². The lowest BCUT2D eigenvalue weighted by molar-refractivity contribution is -0.141. The van der Waals surface area contributed by atoms with Crippen molar-refractivity contribution in [3.05, 3.63) is 59.6 Å². The number of pyridine rings is 1. The number of anilines is 1. The Hall–Kier alpha value is -3.50. The fourth-order valence-electron chi connectivity index (χ4n) is 2.40. The van der Waals surface area contributed by atoms with E-state index in [0.29, 0.717) is 0 Å². The molecule has 2 heterocycles. The van der Waals surface area contributed by atoms with Crippen molar-refractivity contribution in [2.75, 3.05) is 5.32 Å². The van der Waals surface area contributed by atoms with Gasteiger partial charge in [-0.1, -0.05) is 0 Å². The molecule has 2 amide bonds. The third kappa shape index (κ3) is 4.08. The van der Waals surface area contributed by atoms with Crippen molar-refractivity contribution >= 4 is 28.4 Å². The summed E-state index contributed by atoms with van der Waals surface area (Å²) in [7, 11) is 0. The smallest absolute Gasteiger partial charge is 0.359 e. The molecular weight excluding hydrogens is 387 g/mol. The summed E-state index contributed by atoms with van der Waals surface area (Å²) >= 11 is 0. The van der Waals surface area contributed by atoms with Gasteiger partial charge in [0.2, 0.25) is 0 Å². The van der Waals surface area contributed by atoms with Gasteiger partial charge in [0, 0.05) is 30.4 Å². The zero-order valence-corrected chi connectivity index (χ0v) is 13.8. The summed E-state index contributed by atoms with van der Waals surface area (Å²) in [4.78, 5) is 29.6. The van der Waals surface area contributed by atoms with E-state index in [2.05, 4.69) is 20.6 Å². The molecule has 0 saturated carbocycles. The van der Waals surface area contributed by atoms with Crippen LogP contribution < -0.4 is 10.6 Å². The Balaban J connectivity index is 1.66. The van der Waals surface area contributed by atoms with Gasteiger partial charge < -0.3 is 15.6 Å². The first-order valence-corrected chi connectivity index (χ1v) is 7.72. The van der Waals surface area contributed by atoms with Crippen LogP contribution >= 0.6 is 0 Å². The van der Waals surface area contributed by atoms with E-state index in [0.717, 1.165) is 24.4 Å². The molecule has 3 N–H and O–H groups in total. The lowest BCUT2D eigenvalue weighted by Crippen LogP contribution is -2.35. The monoisotopic (exact) mass is 398 g/mol. The first kappa shape index (κ1) is 19.3. The fraction of sp³-hybridized carbons (Fsp3) is 0.118. The number of hydrogen-bond donors (Lipinski definition) is 3. The van der Waals surface area contributed by atoms with E-state index < -0.39 is 35.3 Å². The van der Waals surface area contributed by atoms with Gasteiger partial charge >= 0.3 is 18.0 Å². The molecule has 0 spiro atoms. The Morgan fingerprint density at radius 2 is 1.79 bits per heavy atom. The molecule has 0 aliphatic rings. The summed E-state index contributed by atoms with van der Waals surface area (Å²) in [6, 6.07) is 3.74. The number of nitrogens with zero attached hydrogens (tertiary/aromatic N) is 1. The highest BCUT2D eigenvalue weighted by atomic mass is 19.4. The SMILES string of the molecule is O=C(NCc1ccnc(C(F)(F)F)c1)C(=O)Nc1c[nH]c2cc(F)c(F)cc12. The van der Waals surface area contributed by atoms with Crippen LogP contribution in [-0.4, -0.2) is 21.8 Å². The number of H-pyrrole nitrogens is 1. The molecule has 0 bridgehead atoms. The molecule has 3 rings (SSSR count). The van der Waals surface area contributed by atoms with E-state index in [9.17, 15) is 31.5 Å². The van der Waals surface area contributed by atoms with E-state index in [1.54, 1.807) is 0 Å². The highest BCUT2D eigenvalue weighted by Gasteiger charge is 2.32. The van der Waals surface area contributed by atoms with Crippen molar-refractivity contribution < 1.29 is 31.5 Å². The van der Waals surface area contributed by atoms with Crippen molar-refractivity contribution in [2.24, 2.45) is 0 Å². The minimum absolute atomic E-state index is 0.0392. The number of carbonyl (C=O) groups excluding carboxylic acids is 2. The van der Waals surface area contributed by atoms with Crippen LogP contribution in [0, 0.1) is 11.6 Å². The van der Waals surface area contributed by atoms with Gasteiger partial charge in [-0.05, 0) is 23.8 Å². The molecule has 0 unspecified atom stereocenters. The number of carbonyl (C=O) groups is 2. The predicted molar refractivity (Wildman–Crippen MR) is 87.9 cm³/mol. The molecule has 0 radical (unpaired) electrons. The van der Waals surface area contributed by atoms with Crippen LogP contribution in [0.4, 0.5) is 27.6 Å². The van der Waals surface area contributed by atoms with Gasteiger partial charge in [-0.25, -0.2) is 8.78 Å². The number of rotatable bonds is 3. The van der Waals surface area contributed by atoms with Gasteiger partial charge in [-0.2, -0.15) is 13.2 Å². The second-order valence-electron chi connectivity index (χ2n) is 5.70. The Morgan fingerprint density at radius 1 is 1.07 bits per heavy atom. The number of amides is 2. The molecular formula is C17H11F5N4O2. The summed E-state index contributed by atoms with van der Waals surface area (Å²) < 4.78 is 64.4. The maximum atomic E-state index is 13.4. The van der Waals surface area contributed by atoms with Crippen LogP contribution in [0.3, 0.4) is 0 Å². The van der Waals surface area contributed by atoms with Crippen LogP contribution in [0.15, 0.2) is 36.7 Å².